The van der Waals surface area contributed by atoms with Crippen LogP contribution in [0.5, 0.6) is 5.75 Å². The number of hydrogen-bond acceptors (Lipinski definition) is 1. The molecule has 0 radical (unpaired) electrons. The molecule has 0 spiro atoms. The highest BCUT2D eigenvalue weighted by molar-refractivity contribution is 6.17. The fraction of sp³-hybridized carbons (Fsp3) is 0.600. The predicted molar refractivity (Wildman–Crippen MR) is 75.1 cm³/mol. The van der Waals surface area contributed by atoms with E-state index in [4.69, 9.17) is 16.3 Å². The molecule has 0 amide bonds. The maximum Gasteiger partial charge on any atom is 0.123 e. The van der Waals surface area contributed by atoms with E-state index >= 15 is 0 Å². The van der Waals surface area contributed by atoms with Gasteiger partial charge in [0, 0.05) is 5.56 Å². The van der Waals surface area contributed by atoms with Crippen LogP contribution in [-0.2, 0) is 11.3 Å². The van der Waals surface area contributed by atoms with Crippen molar-refractivity contribution in [1.29, 1.82) is 0 Å². The Kier molecular flexibility index (Phi) is 5.32. The Balaban J connectivity index is 2.86. The van der Waals surface area contributed by atoms with Crippen LogP contribution in [0.25, 0.3) is 0 Å². The van der Waals surface area contributed by atoms with E-state index < -0.39 is 0 Å². The summed E-state index contributed by atoms with van der Waals surface area (Å²) in [5, 5.41) is 0. The topological polar surface area (TPSA) is 9.23 Å². The molecule has 0 aliphatic heterocycles. The minimum absolute atomic E-state index is 0.156. The van der Waals surface area contributed by atoms with Crippen molar-refractivity contribution in [3.63, 3.8) is 0 Å². The zero-order valence-corrected chi connectivity index (χ0v) is 12.1. The normalized spacial score (nSPS) is 11.6. The number of halogens is 1. The fourth-order valence-corrected chi connectivity index (χ4v) is 1.83. The zero-order chi connectivity index (χ0) is 12.9. The number of unbranched alkanes of at least 4 members (excludes halogenated alkanes) is 1. The van der Waals surface area contributed by atoms with Gasteiger partial charge in [-0.05, 0) is 23.5 Å². The van der Waals surface area contributed by atoms with E-state index in [0.29, 0.717) is 5.88 Å². The van der Waals surface area contributed by atoms with E-state index in [9.17, 15) is 0 Å². The monoisotopic (exact) mass is 254 g/mol. The van der Waals surface area contributed by atoms with E-state index in [1.54, 1.807) is 0 Å². The van der Waals surface area contributed by atoms with Crippen molar-refractivity contribution >= 4 is 11.6 Å². The molecular weight excluding hydrogens is 232 g/mol. The van der Waals surface area contributed by atoms with Gasteiger partial charge in [0.2, 0.25) is 0 Å². The summed E-state index contributed by atoms with van der Waals surface area (Å²) in [4.78, 5) is 0. The van der Waals surface area contributed by atoms with Gasteiger partial charge in [0.25, 0.3) is 0 Å². The third kappa shape index (κ3) is 4.23. The Labute approximate surface area is 110 Å². The predicted octanol–water partition coefficient (Wildman–Crippen LogP) is 4.90. The summed E-state index contributed by atoms with van der Waals surface area (Å²) in [6.45, 7) is 9.55. The summed E-state index contributed by atoms with van der Waals surface area (Å²) in [6.07, 6.45) is 2.24. The molecule has 0 unspecified atom stereocenters. The second-order valence-corrected chi connectivity index (χ2v) is 5.68. The fourth-order valence-electron chi connectivity index (χ4n) is 1.62. The molecule has 0 heterocycles. The zero-order valence-electron chi connectivity index (χ0n) is 11.3. The molecule has 0 saturated carbocycles. The van der Waals surface area contributed by atoms with Gasteiger partial charge in [-0.1, -0.05) is 46.2 Å². The summed E-state index contributed by atoms with van der Waals surface area (Å²) >= 11 is 5.99. The van der Waals surface area contributed by atoms with Crippen molar-refractivity contribution in [3.8, 4) is 5.75 Å². The molecular formula is C15H23ClO. The van der Waals surface area contributed by atoms with Crippen LogP contribution < -0.4 is 4.74 Å². The van der Waals surface area contributed by atoms with Crippen molar-refractivity contribution in [3.05, 3.63) is 29.3 Å². The van der Waals surface area contributed by atoms with Crippen LogP contribution in [0.1, 0.15) is 51.7 Å². The number of ether oxygens (including phenoxy) is 1. The van der Waals surface area contributed by atoms with Crippen LogP contribution >= 0.6 is 11.6 Å². The van der Waals surface area contributed by atoms with Gasteiger partial charge in [-0.15, -0.1) is 11.6 Å². The molecule has 0 bridgehead atoms. The minimum Gasteiger partial charge on any atom is -0.493 e. The van der Waals surface area contributed by atoms with Gasteiger partial charge < -0.3 is 4.74 Å². The van der Waals surface area contributed by atoms with Crippen LogP contribution in [0.3, 0.4) is 0 Å². The number of alkyl halides is 1. The molecule has 1 aromatic carbocycles. The average molecular weight is 255 g/mol. The first-order valence-corrected chi connectivity index (χ1v) is 6.84. The van der Waals surface area contributed by atoms with Gasteiger partial charge in [0.1, 0.15) is 5.75 Å². The first kappa shape index (κ1) is 14.4. The molecule has 96 valence electrons. The SMILES string of the molecule is CCCCOc1ccc(C(C)(C)C)cc1CCl. The maximum atomic E-state index is 5.99. The lowest BCUT2D eigenvalue weighted by molar-refractivity contribution is 0.307. The Hall–Kier alpha value is -0.690. The molecule has 0 atom stereocenters. The number of rotatable bonds is 5. The Morgan fingerprint density at radius 2 is 1.94 bits per heavy atom. The van der Waals surface area contributed by atoms with Gasteiger partial charge in [-0.2, -0.15) is 0 Å². The third-order valence-corrected chi connectivity index (χ3v) is 3.11. The van der Waals surface area contributed by atoms with Gasteiger partial charge in [0.05, 0.1) is 12.5 Å². The van der Waals surface area contributed by atoms with Crippen LogP contribution in [0.4, 0.5) is 0 Å². The van der Waals surface area contributed by atoms with E-state index in [0.717, 1.165) is 30.8 Å². The van der Waals surface area contributed by atoms with E-state index in [2.05, 4.69) is 39.8 Å². The van der Waals surface area contributed by atoms with Crippen LogP contribution in [0.2, 0.25) is 0 Å². The van der Waals surface area contributed by atoms with Crippen molar-refractivity contribution in [2.45, 2.75) is 51.8 Å². The number of benzene rings is 1. The molecule has 0 aliphatic rings. The Morgan fingerprint density at radius 1 is 1.24 bits per heavy atom. The van der Waals surface area contributed by atoms with Crippen LogP contribution in [-0.4, -0.2) is 6.61 Å². The Bertz CT molecular complexity index is 352. The van der Waals surface area contributed by atoms with Gasteiger partial charge in [-0.3, -0.25) is 0 Å². The first-order chi connectivity index (χ1) is 7.99. The quantitative estimate of drug-likeness (QED) is 0.536. The lowest BCUT2D eigenvalue weighted by Crippen LogP contribution is -2.11. The van der Waals surface area contributed by atoms with Crippen molar-refractivity contribution in [1.82, 2.24) is 0 Å². The third-order valence-electron chi connectivity index (χ3n) is 2.83. The summed E-state index contributed by atoms with van der Waals surface area (Å²) < 4.78 is 5.75. The largest absolute Gasteiger partial charge is 0.493 e. The lowest BCUT2D eigenvalue weighted by Gasteiger charge is -2.21. The summed E-state index contributed by atoms with van der Waals surface area (Å²) in [6, 6.07) is 6.35. The highest BCUT2D eigenvalue weighted by Crippen LogP contribution is 2.29. The van der Waals surface area contributed by atoms with E-state index in [1.807, 2.05) is 6.07 Å². The molecule has 1 nitrogen and oxygen atoms in total. The molecule has 0 fully saturated rings. The van der Waals surface area contributed by atoms with Crippen molar-refractivity contribution in [2.24, 2.45) is 0 Å². The van der Waals surface area contributed by atoms with Crippen LogP contribution in [0, 0.1) is 0 Å². The standard InChI is InChI=1S/C15H23ClO/c1-5-6-9-17-14-8-7-13(15(2,3)4)10-12(14)11-16/h7-8,10H,5-6,9,11H2,1-4H3. The second kappa shape index (κ2) is 6.30. The average Bonchev–Trinajstić information content (AvgIpc) is 2.28. The maximum absolute atomic E-state index is 5.99. The van der Waals surface area contributed by atoms with Gasteiger partial charge in [0.15, 0.2) is 0 Å². The smallest absolute Gasteiger partial charge is 0.123 e. The molecule has 0 saturated heterocycles. The van der Waals surface area contributed by atoms with E-state index in [-0.39, 0.29) is 5.41 Å². The molecule has 0 aliphatic carbocycles. The van der Waals surface area contributed by atoms with Gasteiger partial charge >= 0.3 is 0 Å². The molecule has 2 heteroatoms. The van der Waals surface area contributed by atoms with E-state index in [1.165, 1.54) is 5.56 Å². The second-order valence-electron chi connectivity index (χ2n) is 5.41. The molecule has 0 aromatic heterocycles. The van der Waals surface area contributed by atoms with Crippen molar-refractivity contribution < 1.29 is 4.74 Å². The summed E-state index contributed by atoms with van der Waals surface area (Å²) in [7, 11) is 0. The highest BCUT2D eigenvalue weighted by Gasteiger charge is 2.15. The minimum atomic E-state index is 0.156. The molecule has 1 rings (SSSR count). The summed E-state index contributed by atoms with van der Waals surface area (Å²) in [5.74, 6) is 1.44. The molecule has 17 heavy (non-hydrogen) atoms. The molecule has 0 N–H and O–H groups in total. The summed E-state index contributed by atoms with van der Waals surface area (Å²) in [5.41, 5.74) is 2.55. The number of hydrogen-bond donors (Lipinski definition) is 0. The molecule has 1 aromatic rings. The Morgan fingerprint density at radius 3 is 2.47 bits per heavy atom. The lowest BCUT2D eigenvalue weighted by atomic mass is 9.86. The highest BCUT2D eigenvalue weighted by atomic mass is 35.5. The first-order valence-electron chi connectivity index (χ1n) is 6.31. The van der Waals surface area contributed by atoms with Crippen LogP contribution in [0.15, 0.2) is 18.2 Å². The van der Waals surface area contributed by atoms with Gasteiger partial charge in [-0.25, -0.2) is 0 Å². The van der Waals surface area contributed by atoms with Crippen molar-refractivity contribution in [2.75, 3.05) is 6.61 Å².